The van der Waals surface area contributed by atoms with Gasteiger partial charge in [-0.05, 0) is 26.7 Å². The summed E-state index contributed by atoms with van der Waals surface area (Å²) in [4.78, 5) is 11.2. The summed E-state index contributed by atoms with van der Waals surface area (Å²) in [5.74, 6) is 0. The van der Waals surface area contributed by atoms with Crippen LogP contribution in [0, 0.1) is 0 Å². The predicted octanol–water partition coefficient (Wildman–Crippen LogP) is 1.51. The summed E-state index contributed by atoms with van der Waals surface area (Å²) >= 11 is 6.04. The van der Waals surface area contributed by atoms with Crippen LogP contribution >= 0.6 is 11.6 Å². The van der Waals surface area contributed by atoms with Crippen molar-refractivity contribution >= 4 is 27.9 Å². The summed E-state index contributed by atoms with van der Waals surface area (Å²) in [6.45, 7) is 3.27. The SMILES string of the molecule is CC(C)OC(=O)NS(=O)(=O)NC1CCCCC1Cl. The molecule has 1 rings (SSSR count). The molecule has 1 aliphatic carbocycles. The zero-order valence-electron chi connectivity index (χ0n) is 10.5. The monoisotopic (exact) mass is 298 g/mol. The summed E-state index contributed by atoms with van der Waals surface area (Å²) in [5, 5.41) is -0.239. The van der Waals surface area contributed by atoms with E-state index in [2.05, 4.69) is 4.72 Å². The first-order valence-electron chi connectivity index (χ1n) is 5.95. The van der Waals surface area contributed by atoms with Gasteiger partial charge in [0.2, 0.25) is 0 Å². The van der Waals surface area contributed by atoms with Crippen molar-refractivity contribution in [2.75, 3.05) is 0 Å². The third-order valence-corrected chi connectivity index (χ3v) is 4.12. The molecule has 2 N–H and O–H groups in total. The molecule has 106 valence electrons. The van der Waals surface area contributed by atoms with Gasteiger partial charge in [0.1, 0.15) is 0 Å². The van der Waals surface area contributed by atoms with Crippen LogP contribution in [0.5, 0.6) is 0 Å². The van der Waals surface area contributed by atoms with Crippen molar-refractivity contribution in [1.29, 1.82) is 0 Å². The fourth-order valence-corrected chi connectivity index (χ4v) is 3.22. The zero-order valence-corrected chi connectivity index (χ0v) is 12.1. The summed E-state index contributed by atoms with van der Waals surface area (Å²) in [5.41, 5.74) is 0. The number of ether oxygens (including phenoxy) is 1. The lowest BCUT2D eigenvalue weighted by molar-refractivity contribution is 0.121. The van der Waals surface area contributed by atoms with Gasteiger partial charge in [-0.25, -0.2) is 9.52 Å². The third-order valence-electron chi connectivity index (χ3n) is 2.55. The molecule has 0 bridgehead atoms. The summed E-state index contributed by atoms with van der Waals surface area (Å²) in [6, 6.07) is -0.343. The number of halogens is 1. The Bertz CT molecular complexity index is 385. The molecule has 0 aliphatic heterocycles. The molecular formula is C10H19ClN2O4S. The van der Waals surface area contributed by atoms with Crippen molar-refractivity contribution in [2.24, 2.45) is 0 Å². The van der Waals surface area contributed by atoms with Crippen molar-refractivity contribution in [3.63, 3.8) is 0 Å². The van der Waals surface area contributed by atoms with Crippen LogP contribution in [0.2, 0.25) is 0 Å². The number of hydrogen-bond donors (Lipinski definition) is 2. The second kappa shape index (κ2) is 6.58. The second-order valence-corrected chi connectivity index (χ2v) is 6.59. The first kappa shape index (κ1) is 15.5. The van der Waals surface area contributed by atoms with E-state index in [4.69, 9.17) is 16.3 Å². The average molecular weight is 299 g/mol. The molecule has 1 saturated carbocycles. The molecule has 18 heavy (non-hydrogen) atoms. The van der Waals surface area contributed by atoms with Gasteiger partial charge in [0.05, 0.1) is 11.5 Å². The van der Waals surface area contributed by atoms with Crippen LogP contribution in [0.25, 0.3) is 0 Å². The number of carbonyl (C=O) groups excluding carboxylic acids is 1. The number of hydrogen-bond acceptors (Lipinski definition) is 4. The van der Waals surface area contributed by atoms with Gasteiger partial charge in [0.25, 0.3) is 0 Å². The van der Waals surface area contributed by atoms with Crippen LogP contribution in [0.1, 0.15) is 39.5 Å². The molecule has 0 aromatic carbocycles. The van der Waals surface area contributed by atoms with Crippen LogP contribution < -0.4 is 9.44 Å². The number of rotatable bonds is 4. The maximum atomic E-state index is 11.7. The van der Waals surface area contributed by atoms with Crippen molar-refractivity contribution in [3.05, 3.63) is 0 Å². The van der Waals surface area contributed by atoms with Crippen LogP contribution in [-0.4, -0.2) is 32.0 Å². The topological polar surface area (TPSA) is 84.5 Å². The number of nitrogens with one attached hydrogen (secondary N) is 2. The van der Waals surface area contributed by atoms with Gasteiger partial charge >= 0.3 is 16.3 Å². The molecule has 0 spiro atoms. The molecule has 8 heteroatoms. The highest BCUT2D eigenvalue weighted by molar-refractivity contribution is 7.88. The van der Waals surface area contributed by atoms with E-state index in [1.807, 2.05) is 0 Å². The van der Waals surface area contributed by atoms with Gasteiger partial charge in [-0.15, -0.1) is 11.6 Å². The van der Waals surface area contributed by atoms with Gasteiger partial charge in [-0.1, -0.05) is 12.8 Å². The Morgan fingerprint density at radius 3 is 2.50 bits per heavy atom. The molecule has 0 radical (unpaired) electrons. The Hall–Kier alpha value is -0.530. The van der Waals surface area contributed by atoms with Crippen molar-refractivity contribution < 1.29 is 17.9 Å². The number of alkyl halides is 1. The standard InChI is InChI=1S/C10H19ClN2O4S/c1-7(2)17-10(14)13-18(15,16)12-9-6-4-3-5-8(9)11/h7-9,12H,3-6H2,1-2H3,(H,13,14). The molecule has 0 heterocycles. The first-order chi connectivity index (χ1) is 8.30. The van der Waals surface area contributed by atoms with E-state index in [1.165, 1.54) is 0 Å². The fraction of sp³-hybridized carbons (Fsp3) is 0.900. The molecule has 0 aromatic heterocycles. The lowest BCUT2D eigenvalue weighted by Crippen LogP contribution is -2.49. The minimum atomic E-state index is -3.92. The molecule has 2 unspecified atom stereocenters. The molecule has 1 amide bonds. The summed E-state index contributed by atoms with van der Waals surface area (Å²) in [6.07, 6.45) is 2.00. The van der Waals surface area contributed by atoms with E-state index < -0.39 is 16.3 Å². The quantitative estimate of drug-likeness (QED) is 0.770. The maximum absolute atomic E-state index is 11.7. The Kier molecular flexibility index (Phi) is 5.68. The van der Waals surface area contributed by atoms with Crippen molar-refractivity contribution in [3.8, 4) is 0 Å². The van der Waals surface area contributed by atoms with Crippen LogP contribution in [0.15, 0.2) is 0 Å². The van der Waals surface area contributed by atoms with Gasteiger partial charge in [-0.2, -0.15) is 13.1 Å². The average Bonchev–Trinajstić information content (AvgIpc) is 2.18. The lowest BCUT2D eigenvalue weighted by atomic mass is 9.96. The van der Waals surface area contributed by atoms with Gasteiger partial charge in [-0.3, -0.25) is 0 Å². The Morgan fingerprint density at radius 1 is 1.33 bits per heavy atom. The molecule has 2 atom stereocenters. The second-order valence-electron chi connectivity index (χ2n) is 4.58. The van der Waals surface area contributed by atoms with Crippen LogP contribution in [-0.2, 0) is 14.9 Å². The highest BCUT2D eigenvalue weighted by Crippen LogP contribution is 2.23. The normalized spacial score (nSPS) is 24.9. The molecule has 6 nitrogen and oxygen atoms in total. The molecule has 1 fully saturated rings. The third kappa shape index (κ3) is 5.41. The molecular weight excluding hydrogens is 280 g/mol. The van der Waals surface area contributed by atoms with Gasteiger partial charge in [0, 0.05) is 6.04 Å². The van der Waals surface area contributed by atoms with E-state index in [1.54, 1.807) is 18.6 Å². The van der Waals surface area contributed by atoms with E-state index in [9.17, 15) is 13.2 Å². The maximum Gasteiger partial charge on any atom is 0.422 e. The smallest absolute Gasteiger partial charge is 0.422 e. The minimum Gasteiger partial charge on any atom is -0.446 e. The number of amides is 1. The highest BCUT2D eigenvalue weighted by Gasteiger charge is 2.28. The molecule has 0 saturated heterocycles. The Balaban J connectivity index is 2.51. The zero-order chi connectivity index (χ0) is 13.8. The van der Waals surface area contributed by atoms with E-state index in [-0.39, 0.29) is 17.5 Å². The van der Waals surface area contributed by atoms with Crippen LogP contribution in [0.3, 0.4) is 0 Å². The van der Waals surface area contributed by atoms with E-state index in [0.29, 0.717) is 6.42 Å². The Labute approximate surface area is 113 Å². The summed E-state index contributed by atoms with van der Waals surface area (Å²) < 4.78 is 32.2. The van der Waals surface area contributed by atoms with E-state index >= 15 is 0 Å². The lowest BCUT2D eigenvalue weighted by Gasteiger charge is -2.27. The fourth-order valence-electron chi connectivity index (χ4n) is 1.79. The van der Waals surface area contributed by atoms with Gasteiger partial charge < -0.3 is 4.74 Å². The number of carbonyl (C=O) groups is 1. The van der Waals surface area contributed by atoms with Crippen LogP contribution in [0.4, 0.5) is 4.79 Å². The summed E-state index contributed by atoms with van der Waals surface area (Å²) in [7, 11) is -3.92. The van der Waals surface area contributed by atoms with E-state index in [0.717, 1.165) is 19.3 Å². The first-order valence-corrected chi connectivity index (χ1v) is 7.87. The molecule has 0 aromatic rings. The van der Waals surface area contributed by atoms with Gasteiger partial charge in [0.15, 0.2) is 0 Å². The predicted molar refractivity (Wildman–Crippen MR) is 68.7 cm³/mol. The largest absolute Gasteiger partial charge is 0.446 e. The molecule has 1 aliphatic rings. The van der Waals surface area contributed by atoms with Crippen molar-refractivity contribution in [1.82, 2.24) is 9.44 Å². The minimum absolute atomic E-state index is 0.239. The highest BCUT2D eigenvalue weighted by atomic mass is 35.5. The van der Waals surface area contributed by atoms with Crippen molar-refractivity contribution in [2.45, 2.75) is 57.1 Å². The Morgan fingerprint density at radius 2 is 1.94 bits per heavy atom.